The first-order valence-corrected chi connectivity index (χ1v) is 8.72. The van der Waals surface area contributed by atoms with Crippen molar-refractivity contribution in [3.63, 3.8) is 0 Å². The number of allylic oxidation sites excluding steroid dienone is 1. The van der Waals surface area contributed by atoms with Gasteiger partial charge in [0, 0.05) is 5.92 Å². The minimum atomic E-state index is -0.267. The number of aliphatic hydroxyl groups excluding tert-OH is 1. The molecular formula is C20H28O3. The van der Waals surface area contributed by atoms with E-state index in [4.69, 9.17) is 9.47 Å². The summed E-state index contributed by atoms with van der Waals surface area (Å²) in [5.74, 6) is 1.65. The average Bonchev–Trinajstić information content (AvgIpc) is 2.55. The molecule has 23 heavy (non-hydrogen) atoms. The Balaban J connectivity index is 1.71. The highest BCUT2D eigenvalue weighted by Crippen LogP contribution is 2.44. The van der Waals surface area contributed by atoms with Crippen LogP contribution in [0.25, 0.3) is 0 Å². The summed E-state index contributed by atoms with van der Waals surface area (Å²) >= 11 is 0. The summed E-state index contributed by atoms with van der Waals surface area (Å²) in [7, 11) is 1.68. The highest BCUT2D eigenvalue weighted by atomic mass is 16.5. The lowest BCUT2D eigenvalue weighted by atomic mass is 9.68. The minimum absolute atomic E-state index is 0.214. The van der Waals surface area contributed by atoms with E-state index in [0.717, 1.165) is 25.0 Å². The number of rotatable bonds is 4. The second-order valence-electron chi connectivity index (χ2n) is 7.09. The van der Waals surface area contributed by atoms with Crippen LogP contribution in [0.1, 0.15) is 45.1 Å². The Bertz CT molecular complexity index is 561. The van der Waals surface area contributed by atoms with Crippen LogP contribution in [0.2, 0.25) is 0 Å². The molecule has 3 rings (SSSR count). The zero-order chi connectivity index (χ0) is 16.4. The molecule has 126 valence electrons. The van der Waals surface area contributed by atoms with Gasteiger partial charge in [-0.05, 0) is 61.8 Å². The van der Waals surface area contributed by atoms with Crippen LogP contribution in [0.3, 0.4) is 0 Å². The van der Waals surface area contributed by atoms with Crippen molar-refractivity contribution in [2.45, 2.75) is 58.3 Å². The summed E-state index contributed by atoms with van der Waals surface area (Å²) in [4.78, 5) is 0. The minimum Gasteiger partial charge on any atom is -0.497 e. The van der Waals surface area contributed by atoms with Gasteiger partial charge in [-0.25, -0.2) is 0 Å². The number of hydrogen-bond donors (Lipinski definition) is 1. The summed E-state index contributed by atoms with van der Waals surface area (Å²) < 4.78 is 11.5. The van der Waals surface area contributed by atoms with Crippen LogP contribution in [0.5, 0.6) is 5.75 Å². The Labute approximate surface area is 139 Å². The second kappa shape index (κ2) is 7.06. The van der Waals surface area contributed by atoms with Crippen LogP contribution in [0.15, 0.2) is 35.4 Å². The maximum absolute atomic E-state index is 10.5. The fourth-order valence-corrected chi connectivity index (χ4v) is 4.28. The third-order valence-electron chi connectivity index (χ3n) is 5.47. The number of methoxy groups -OCH3 is 1. The predicted molar refractivity (Wildman–Crippen MR) is 91.4 cm³/mol. The first-order chi connectivity index (χ1) is 11.1. The van der Waals surface area contributed by atoms with Crippen molar-refractivity contribution in [2.75, 3.05) is 7.11 Å². The summed E-state index contributed by atoms with van der Waals surface area (Å²) in [6.45, 7) is 5.02. The molecule has 0 spiro atoms. The maximum atomic E-state index is 10.5. The lowest BCUT2D eigenvalue weighted by Gasteiger charge is -2.44. The molecule has 1 aromatic rings. The number of aliphatic hydroxyl groups is 1. The van der Waals surface area contributed by atoms with Crippen molar-refractivity contribution in [3.05, 3.63) is 41.0 Å². The predicted octanol–water partition coefficient (Wildman–Crippen LogP) is 4.10. The van der Waals surface area contributed by atoms with Crippen LogP contribution in [0.4, 0.5) is 0 Å². The molecule has 2 aliphatic rings. The fourth-order valence-electron chi connectivity index (χ4n) is 4.28. The highest BCUT2D eigenvalue weighted by Gasteiger charge is 2.41. The van der Waals surface area contributed by atoms with Gasteiger partial charge in [-0.3, -0.25) is 0 Å². The van der Waals surface area contributed by atoms with Crippen LogP contribution < -0.4 is 4.74 Å². The summed E-state index contributed by atoms with van der Waals surface area (Å²) in [6.07, 6.45) is 4.24. The van der Waals surface area contributed by atoms with Gasteiger partial charge in [0.1, 0.15) is 5.75 Å². The van der Waals surface area contributed by atoms with Crippen molar-refractivity contribution < 1.29 is 14.6 Å². The SMILES string of the molecule is COc1ccc(CO[C@H]2[C@@H](C)C[C@@H](O)C3=C(C)CCC[C@@H]32)cc1. The Hall–Kier alpha value is -1.32. The summed E-state index contributed by atoms with van der Waals surface area (Å²) in [5, 5.41) is 10.5. The van der Waals surface area contributed by atoms with Crippen molar-refractivity contribution in [1.29, 1.82) is 0 Å². The van der Waals surface area contributed by atoms with E-state index < -0.39 is 0 Å². The second-order valence-corrected chi connectivity index (χ2v) is 7.09. The average molecular weight is 316 g/mol. The normalized spacial score (nSPS) is 31.0. The molecule has 0 amide bonds. The lowest BCUT2D eigenvalue weighted by molar-refractivity contribution is -0.0610. The zero-order valence-corrected chi connectivity index (χ0v) is 14.4. The monoisotopic (exact) mass is 316 g/mol. The topological polar surface area (TPSA) is 38.7 Å². The molecule has 0 saturated heterocycles. The maximum Gasteiger partial charge on any atom is 0.118 e. The number of hydrogen-bond acceptors (Lipinski definition) is 3. The quantitative estimate of drug-likeness (QED) is 0.850. The molecule has 0 aliphatic heterocycles. The molecule has 1 saturated carbocycles. The third-order valence-corrected chi connectivity index (χ3v) is 5.47. The molecule has 1 aromatic carbocycles. The molecule has 4 atom stereocenters. The van der Waals surface area contributed by atoms with Gasteiger partial charge >= 0.3 is 0 Å². The zero-order valence-electron chi connectivity index (χ0n) is 14.4. The van der Waals surface area contributed by atoms with Crippen molar-refractivity contribution in [1.82, 2.24) is 0 Å². The van der Waals surface area contributed by atoms with E-state index in [-0.39, 0.29) is 12.2 Å². The first-order valence-electron chi connectivity index (χ1n) is 8.72. The largest absolute Gasteiger partial charge is 0.497 e. The first kappa shape index (κ1) is 16.5. The van der Waals surface area contributed by atoms with E-state index in [1.165, 1.54) is 23.1 Å². The van der Waals surface area contributed by atoms with Gasteiger partial charge in [-0.1, -0.05) is 24.6 Å². The van der Waals surface area contributed by atoms with Crippen LogP contribution in [-0.2, 0) is 11.3 Å². The molecule has 0 unspecified atom stereocenters. The van der Waals surface area contributed by atoms with Gasteiger partial charge in [-0.15, -0.1) is 0 Å². The van der Waals surface area contributed by atoms with E-state index in [1.54, 1.807) is 7.11 Å². The van der Waals surface area contributed by atoms with E-state index in [0.29, 0.717) is 18.4 Å². The highest BCUT2D eigenvalue weighted by molar-refractivity contribution is 5.28. The molecule has 3 heteroatoms. The van der Waals surface area contributed by atoms with E-state index in [9.17, 15) is 5.11 Å². The van der Waals surface area contributed by atoms with E-state index in [1.807, 2.05) is 12.1 Å². The van der Waals surface area contributed by atoms with Crippen molar-refractivity contribution >= 4 is 0 Å². The molecule has 0 radical (unpaired) electrons. The van der Waals surface area contributed by atoms with Crippen molar-refractivity contribution in [3.8, 4) is 5.75 Å². The Morgan fingerprint density at radius 2 is 1.96 bits per heavy atom. The van der Waals surface area contributed by atoms with Gasteiger partial charge in [0.2, 0.25) is 0 Å². The molecule has 1 N–H and O–H groups in total. The third kappa shape index (κ3) is 3.46. The molecular weight excluding hydrogens is 288 g/mol. The number of fused-ring (bicyclic) bond motifs is 1. The van der Waals surface area contributed by atoms with Crippen LogP contribution in [-0.4, -0.2) is 24.4 Å². The van der Waals surface area contributed by atoms with E-state index >= 15 is 0 Å². The number of ether oxygens (including phenoxy) is 2. The van der Waals surface area contributed by atoms with E-state index in [2.05, 4.69) is 26.0 Å². The molecule has 0 aromatic heterocycles. The van der Waals surface area contributed by atoms with Crippen molar-refractivity contribution in [2.24, 2.45) is 11.8 Å². The number of benzene rings is 1. The van der Waals surface area contributed by atoms with Gasteiger partial charge in [0.15, 0.2) is 0 Å². The Morgan fingerprint density at radius 1 is 1.22 bits per heavy atom. The molecule has 0 bridgehead atoms. The summed E-state index contributed by atoms with van der Waals surface area (Å²) in [6, 6.07) is 8.07. The smallest absolute Gasteiger partial charge is 0.118 e. The van der Waals surface area contributed by atoms with Gasteiger partial charge in [0.25, 0.3) is 0 Å². The van der Waals surface area contributed by atoms with Gasteiger partial charge in [-0.2, -0.15) is 0 Å². The van der Waals surface area contributed by atoms with Crippen LogP contribution >= 0.6 is 0 Å². The summed E-state index contributed by atoms with van der Waals surface area (Å²) in [5.41, 5.74) is 3.83. The standard InChI is InChI=1S/C20H28O3/c1-13-5-4-6-17-19(13)18(21)11-14(2)20(17)23-12-15-7-9-16(22-3)10-8-15/h7-10,14,17-18,20-21H,4-6,11-12H2,1-3H3/t14-,17-,18+,20-/m0/s1. The molecule has 1 fully saturated rings. The molecule has 0 heterocycles. The van der Waals surface area contributed by atoms with Crippen LogP contribution in [0, 0.1) is 11.8 Å². The lowest BCUT2D eigenvalue weighted by Crippen LogP contribution is -2.43. The molecule has 2 aliphatic carbocycles. The Kier molecular flexibility index (Phi) is 5.08. The van der Waals surface area contributed by atoms with Gasteiger partial charge < -0.3 is 14.6 Å². The Morgan fingerprint density at radius 3 is 2.65 bits per heavy atom. The van der Waals surface area contributed by atoms with Gasteiger partial charge in [0.05, 0.1) is 25.9 Å². The fraction of sp³-hybridized carbons (Fsp3) is 0.600. The molecule has 3 nitrogen and oxygen atoms in total.